The maximum absolute atomic E-state index is 5.97. The Morgan fingerprint density at radius 3 is 3.25 bits per heavy atom. The molecule has 0 saturated carbocycles. The molecule has 0 radical (unpaired) electrons. The van der Waals surface area contributed by atoms with Gasteiger partial charge in [-0.05, 0) is 49.3 Å². The molecule has 3 rings (SSSR count). The molecule has 1 saturated heterocycles. The fraction of sp³-hybridized carbons (Fsp3) is 0.538. The third-order valence-electron chi connectivity index (χ3n) is 3.20. The van der Waals surface area contributed by atoms with Crippen molar-refractivity contribution < 1.29 is 4.74 Å². The number of benzene rings is 1. The molecular formula is C13H17NOS. The molecule has 1 atom stereocenters. The Bertz CT molecular complexity index is 374. The molecule has 0 bridgehead atoms. The van der Waals surface area contributed by atoms with Crippen molar-refractivity contribution in [1.29, 1.82) is 0 Å². The molecular weight excluding hydrogens is 218 g/mol. The minimum atomic E-state index is 0.367. The van der Waals surface area contributed by atoms with Crippen LogP contribution >= 0.6 is 11.8 Å². The van der Waals surface area contributed by atoms with Gasteiger partial charge in [0.1, 0.15) is 11.9 Å². The number of aryl methyl sites for hydroxylation is 1. The first-order valence-electron chi connectivity index (χ1n) is 6.05. The summed E-state index contributed by atoms with van der Waals surface area (Å²) in [6, 6.07) is 6.58. The van der Waals surface area contributed by atoms with Gasteiger partial charge >= 0.3 is 0 Å². The number of thioether (sulfide) groups is 1. The molecule has 3 heteroatoms. The lowest BCUT2D eigenvalue weighted by molar-refractivity contribution is 0.222. The van der Waals surface area contributed by atoms with Gasteiger partial charge in [0.25, 0.3) is 0 Å². The van der Waals surface area contributed by atoms with Gasteiger partial charge in [-0.3, -0.25) is 0 Å². The fourth-order valence-electron chi connectivity index (χ4n) is 2.32. The minimum Gasteiger partial charge on any atom is -0.489 e. The highest BCUT2D eigenvalue weighted by Crippen LogP contribution is 2.33. The molecule has 16 heavy (non-hydrogen) atoms. The number of rotatable bonds is 2. The number of hydrogen-bond acceptors (Lipinski definition) is 3. The summed E-state index contributed by atoms with van der Waals surface area (Å²) < 4.78 is 5.97. The van der Waals surface area contributed by atoms with E-state index in [2.05, 4.69) is 23.5 Å². The number of nitrogens with one attached hydrogen (secondary N) is 1. The van der Waals surface area contributed by atoms with Crippen LogP contribution in [0.1, 0.15) is 18.4 Å². The summed E-state index contributed by atoms with van der Waals surface area (Å²) in [5, 5.41) is 3.32. The summed E-state index contributed by atoms with van der Waals surface area (Å²) in [5.41, 5.74) is 1.49. The van der Waals surface area contributed by atoms with Crippen molar-refractivity contribution in [2.75, 3.05) is 18.8 Å². The van der Waals surface area contributed by atoms with Gasteiger partial charge in [0.15, 0.2) is 0 Å². The normalized spacial score (nSPS) is 24.1. The lowest BCUT2D eigenvalue weighted by Crippen LogP contribution is -2.19. The van der Waals surface area contributed by atoms with E-state index >= 15 is 0 Å². The van der Waals surface area contributed by atoms with Crippen molar-refractivity contribution in [3.63, 3.8) is 0 Å². The topological polar surface area (TPSA) is 21.3 Å². The van der Waals surface area contributed by atoms with Crippen LogP contribution in [0.5, 0.6) is 5.75 Å². The first-order chi connectivity index (χ1) is 7.92. The molecule has 1 aromatic rings. The van der Waals surface area contributed by atoms with E-state index in [9.17, 15) is 0 Å². The molecule has 1 aromatic carbocycles. The van der Waals surface area contributed by atoms with E-state index in [4.69, 9.17) is 4.74 Å². The van der Waals surface area contributed by atoms with Gasteiger partial charge in [0.2, 0.25) is 0 Å². The molecule has 2 heterocycles. The van der Waals surface area contributed by atoms with Gasteiger partial charge < -0.3 is 10.1 Å². The molecule has 0 spiro atoms. The zero-order valence-corrected chi connectivity index (χ0v) is 10.2. The molecule has 1 fully saturated rings. The quantitative estimate of drug-likeness (QED) is 0.851. The monoisotopic (exact) mass is 235 g/mol. The Balaban J connectivity index is 1.74. The summed E-state index contributed by atoms with van der Waals surface area (Å²) in [4.78, 5) is 1.43. The summed E-state index contributed by atoms with van der Waals surface area (Å²) >= 11 is 1.97. The van der Waals surface area contributed by atoms with E-state index in [1.54, 1.807) is 0 Å². The van der Waals surface area contributed by atoms with Gasteiger partial charge in [-0.2, -0.15) is 0 Å². The van der Waals surface area contributed by atoms with Crippen molar-refractivity contribution in [1.82, 2.24) is 5.32 Å². The van der Waals surface area contributed by atoms with Crippen LogP contribution in [-0.2, 0) is 6.42 Å². The van der Waals surface area contributed by atoms with Crippen LogP contribution in [0.4, 0.5) is 0 Å². The standard InChI is InChI=1S/C13H17NOS/c1-2-10-3-4-11(8-13(10)16-7-1)15-12-5-6-14-9-12/h3-4,8,12,14H,1-2,5-7,9H2. The summed E-state index contributed by atoms with van der Waals surface area (Å²) in [6.45, 7) is 2.08. The Morgan fingerprint density at radius 1 is 1.38 bits per heavy atom. The molecule has 0 aromatic heterocycles. The second-order valence-corrected chi connectivity index (χ2v) is 5.59. The SMILES string of the molecule is c1cc2c(cc1OC1CCNC1)SCCC2. The van der Waals surface area contributed by atoms with E-state index in [1.165, 1.54) is 29.1 Å². The van der Waals surface area contributed by atoms with Gasteiger partial charge in [-0.15, -0.1) is 11.8 Å². The summed E-state index contributed by atoms with van der Waals surface area (Å²) in [6.07, 6.45) is 4.04. The summed E-state index contributed by atoms with van der Waals surface area (Å²) in [7, 11) is 0. The number of ether oxygens (including phenoxy) is 1. The number of fused-ring (bicyclic) bond motifs is 1. The second kappa shape index (κ2) is 4.68. The second-order valence-electron chi connectivity index (χ2n) is 4.45. The smallest absolute Gasteiger partial charge is 0.120 e. The Hall–Kier alpha value is -0.670. The third-order valence-corrected chi connectivity index (χ3v) is 4.39. The first-order valence-corrected chi connectivity index (χ1v) is 7.03. The van der Waals surface area contributed by atoms with Crippen molar-refractivity contribution in [2.45, 2.75) is 30.3 Å². The van der Waals surface area contributed by atoms with Crippen LogP contribution in [-0.4, -0.2) is 24.9 Å². The van der Waals surface area contributed by atoms with Gasteiger partial charge in [0, 0.05) is 11.4 Å². The van der Waals surface area contributed by atoms with E-state index < -0.39 is 0 Å². The highest BCUT2D eigenvalue weighted by Gasteiger charge is 2.17. The molecule has 2 aliphatic rings. The lowest BCUT2D eigenvalue weighted by atomic mass is 10.1. The van der Waals surface area contributed by atoms with E-state index in [1.807, 2.05) is 11.8 Å². The average molecular weight is 235 g/mol. The Labute approximate surface area is 101 Å². The van der Waals surface area contributed by atoms with Gasteiger partial charge in [-0.1, -0.05) is 6.07 Å². The first kappa shape index (κ1) is 10.5. The molecule has 1 N–H and O–H groups in total. The zero-order valence-electron chi connectivity index (χ0n) is 9.37. The molecule has 2 nitrogen and oxygen atoms in total. The lowest BCUT2D eigenvalue weighted by Gasteiger charge is -2.18. The van der Waals surface area contributed by atoms with Crippen molar-refractivity contribution in [3.8, 4) is 5.75 Å². The molecule has 1 unspecified atom stereocenters. The minimum absolute atomic E-state index is 0.367. The van der Waals surface area contributed by atoms with E-state index in [-0.39, 0.29) is 0 Å². The van der Waals surface area contributed by atoms with Crippen LogP contribution in [0.15, 0.2) is 23.1 Å². The van der Waals surface area contributed by atoms with Crippen molar-refractivity contribution in [3.05, 3.63) is 23.8 Å². The van der Waals surface area contributed by atoms with Crippen LogP contribution in [0, 0.1) is 0 Å². The molecule has 86 valence electrons. The Morgan fingerprint density at radius 2 is 2.38 bits per heavy atom. The van der Waals surface area contributed by atoms with Gasteiger partial charge in [-0.25, -0.2) is 0 Å². The molecule has 0 amide bonds. The predicted octanol–water partition coefficient (Wildman–Crippen LogP) is 2.47. The largest absolute Gasteiger partial charge is 0.489 e. The van der Waals surface area contributed by atoms with Crippen LogP contribution in [0.25, 0.3) is 0 Å². The number of hydrogen-bond donors (Lipinski definition) is 1. The van der Waals surface area contributed by atoms with Crippen LogP contribution < -0.4 is 10.1 Å². The highest BCUT2D eigenvalue weighted by molar-refractivity contribution is 7.99. The zero-order chi connectivity index (χ0) is 10.8. The van der Waals surface area contributed by atoms with Crippen LogP contribution in [0.2, 0.25) is 0 Å². The third kappa shape index (κ3) is 2.20. The van der Waals surface area contributed by atoms with Crippen molar-refractivity contribution >= 4 is 11.8 Å². The summed E-state index contributed by atoms with van der Waals surface area (Å²) in [5.74, 6) is 2.29. The fourth-order valence-corrected chi connectivity index (χ4v) is 3.38. The van der Waals surface area contributed by atoms with Crippen molar-refractivity contribution in [2.24, 2.45) is 0 Å². The van der Waals surface area contributed by atoms with Crippen LogP contribution in [0.3, 0.4) is 0 Å². The molecule has 0 aliphatic carbocycles. The average Bonchev–Trinajstić information content (AvgIpc) is 2.82. The van der Waals surface area contributed by atoms with E-state index in [0.29, 0.717) is 6.10 Å². The van der Waals surface area contributed by atoms with E-state index in [0.717, 1.165) is 25.3 Å². The van der Waals surface area contributed by atoms with Gasteiger partial charge in [0.05, 0.1) is 0 Å². The maximum Gasteiger partial charge on any atom is 0.120 e. The predicted molar refractivity (Wildman–Crippen MR) is 67.4 cm³/mol. The molecule has 2 aliphatic heterocycles. The Kier molecular flexibility index (Phi) is 3.06. The maximum atomic E-state index is 5.97. The highest BCUT2D eigenvalue weighted by atomic mass is 32.2.